The Kier molecular flexibility index (Phi) is 7.98. The molecule has 10 heteroatoms. The lowest BCUT2D eigenvalue weighted by Gasteiger charge is -2.25. The van der Waals surface area contributed by atoms with Gasteiger partial charge in [-0.2, -0.15) is 0 Å². The number of amides is 5. The van der Waals surface area contributed by atoms with Crippen molar-refractivity contribution in [2.24, 2.45) is 11.7 Å². The second-order valence-corrected chi connectivity index (χ2v) is 7.19. The second-order valence-electron chi connectivity index (χ2n) is 7.19. The van der Waals surface area contributed by atoms with Crippen LogP contribution in [0.25, 0.3) is 0 Å². The number of anilines is 2. The molecule has 2 aliphatic rings. The topological polar surface area (TPSA) is 134 Å². The predicted molar refractivity (Wildman–Crippen MR) is 111 cm³/mol. The first-order valence-electron chi connectivity index (χ1n) is 9.47. The van der Waals surface area contributed by atoms with E-state index in [0.29, 0.717) is 17.8 Å². The van der Waals surface area contributed by atoms with Crippen molar-refractivity contribution < 1.29 is 19.2 Å². The maximum absolute atomic E-state index is 12.3. The van der Waals surface area contributed by atoms with Gasteiger partial charge in [0.25, 0.3) is 0 Å². The molecule has 0 aromatic heterocycles. The summed E-state index contributed by atoms with van der Waals surface area (Å²) < 4.78 is 0. The number of nitrogens with one attached hydrogen (secondary N) is 3. The summed E-state index contributed by atoms with van der Waals surface area (Å²) in [6.45, 7) is 0.00853. The summed E-state index contributed by atoms with van der Waals surface area (Å²) in [5.41, 5.74) is 7.16. The average Bonchev–Trinajstić information content (AvgIpc) is 2.99. The van der Waals surface area contributed by atoms with Gasteiger partial charge in [0.2, 0.25) is 17.7 Å². The Bertz CT molecular complexity index is 754. The number of benzene rings is 1. The van der Waals surface area contributed by atoms with Gasteiger partial charge in [0.05, 0.1) is 6.54 Å². The van der Waals surface area contributed by atoms with Gasteiger partial charge in [-0.15, -0.1) is 12.4 Å². The van der Waals surface area contributed by atoms with Crippen molar-refractivity contribution in [3.05, 3.63) is 24.3 Å². The van der Waals surface area contributed by atoms with Crippen LogP contribution in [-0.4, -0.2) is 47.8 Å². The van der Waals surface area contributed by atoms with Gasteiger partial charge in [-0.1, -0.05) is 6.42 Å². The molecule has 0 bridgehead atoms. The molecule has 0 spiro atoms. The van der Waals surface area contributed by atoms with Gasteiger partial charge >= 0.3 is 6.03 Å². The van der Waals surface area contributed by atoms with Gasteiger partial charge in [-0.25, -0.2) is 4.79 Å². The molecule has 0 radical (unpaired) electrons. The van der Waals surface area contributed by atoms with Gasteiger partial charge in [0.15, 0.2) is 0 Å². The van der Waals surface area contributed by atoms with Crippen molar-refractivity contribution >= 4 is 47.5 Å². The molecule has 158 valence electrons. The molecular formula is C19H26ClN5O4. The maximum Gasteiger partial charge on any atom is 0.324 e. The molecule has 1 aliphatic carbocycles. The molecule has 3 rings (SSSR count). The summed E-state index contributed by atoms with van der Waals surface area (Å²) in [6, 6.07) is 6.42. The molecule has 1 aliphatic heterocycles. The van der Waals surface area contributed by atoms with Crippen molar-refractivity contribution in [1.29, 1.82) is 0 Å². The first-order valence-corrected chi connectivity index (χ1v) is 9.47. The predicted octanol–water partition coefficient (Wildman–Crippen LogP) is 1.44. The number of carbonyl (C=O) groups excluding carboxylic acids is 4. The van der Waals surface area contributed by atoms with Crippen LogP contribution in [0, 0.1) is 5.92 Å². The third kappa shape index (κ3) is 6.16. The van der Waals surface area contributed by atoms with Crippen LogP contribution in [0.5, 0.6) is 0 Å². The fourth-order valence-electron chi connectivity index (χ4n) is 3.47. The molecule has 1 aromatic rings. The molecule has 2 atom stereocenters. The van der Waals surface area contributed by atoms with Crippen LogP contribution in [0.2, 0.25) is 0 Å². The van der Waals surface area contributed by atoms with Crippen LogP contribution in [0.3, 0.4) is 0 Å². The number of hydrogen-bond acceptors (Lipinski definition) is 5. The lowest BCUT2D eigenvalue weighted by molar-refractivity contribution is -0.125. The zero-order valence-corrected chi connectivity index (χ0v) is 16.8. The van der Waals surface area contributed by atoms with Crippen LogP contribution in [-0.2, 0) is 14.4 Å². The fourth-order valence-corrected chi connectivity index (χ4v) is 3.47. The van der Waals surface area contributed by atoms with Crippen LogP contribution in [0.4, 0.5) is 16.2 Å². The Labute approximate surface area is 175 Å². The van der Waals surface area contributed by atoms with Gasteiger partial charge < -0.3 is 21.7 Å². The molecule has 1 heterocycles. The lowest BCUT2D eigenvalue weighted by Crippen LogP contribution is -2.34. The van der Waals surface area contributed by atoms with E-state index in [0.717, 1.165) is 24.2 Å². The Morgan fingerprint density at radius 1 is 1.10 bits per heavy atom. The van der Waals surface area contributed by atoms with Gasteiger partial charge in [-0.05, 0) is 43.5 Å². The number of imide groups is 1. The van der Waals surface area contributed by atoms with E-state index in [9.17, 15) is 19.2 Å². The highest BCUT2D eigenvalue weighted by atomic mass is 35.5. The Morgan fingerprint density at radius 3 is 2.34 bits per heavy atom. The molecule has 9 nitrogen and oxygen atoms in total. The fraction of sp³-hybridized carbons (Fsp3) is 0.474. The smallest absolute Gasteiger partial charge is 0.324 e. The number of rotatable bonds is 6. The van der Waals surface area contributed by atoms with Crippen molar-refractivity contribution in [1.82, 2.24) is 10.2 Å². The van der Waals surface area contributed by atoms with Crippen LogP contribution in [0.1, 0.15) is 32.1 Å². The van der Waals surface area contributed by atoms with E-state index < -0.39 is 6.03 Å². The summed E-state index contributed by atoms with van der Waals surface area (Å²) in [7, 11) is 0. The van der Waals surface area contributed by atoms with Crippen LogP contribution < -0.4 is 21.7 Å². The Hall–Kier alpha value is -2.65. The van der Waals surface area contributed by atoms with Crippen molar-refractivity contribution in [2.45, 2.75) is 38.1 Å². The largest absolute Gasteiger partial charge is 0.329 e. The average molecular weight is 424 g/mol. The van der Waals surface area contributed by atoms with E-state index in [2.05, 4.69) is 16.0 Å². The standard InChI is InChI=1S/C19H25N5O4.ClH/c20-13-3-1-2-12(10-13)18(27)23-15-6-4-14(5-7-15)22-16(25)8-9-24-17(26)11-21-19(24)28;/h4-7,12-13H,1-3,8-11,20H2,(H,21,28)(H,22,25)(H,23,27);1H. The third-order valence-electron chi connectivity index (χ3n) is 5.02. The van der Waals surface area contributed by atoms with Crippen molar-refractivity contribution in [3.8, 4) is 0 Å². The number of urea groups is 1. The van der Waals surface area contributed by atoms with E-state index >= 15 is 0 Å². The van der Waals surface area contributed by atoms with Gasteiger partial charge in [0.1, 0.15) is 0 Å². The summed E-state index contributed by atoms with van der Waals surface area (Å²) in [6.07, 6.45) is 3.51. The van der Waals surface area contributed by atoms with Crippen LogP contribution >= 0.6 is 12.4 Å². The molecule has 5 N–H and O–H groups in total. The van der Waals surface area contributed by atoms with E-state index in [4.69, 9.17) is 5.73 Å². The van der Waals surface area contributed by atoms with Crippen molar-refractivity contribution in [3.63, 3.8) is 0 Å². The molecule has 1 saturated carbocycles. The third-order valence-corrected chi connectivity index (χ3v) is 5.02. The zero-order valence-electron chi connectivity index (χ0n) is 16.0. The molecule has 29 heavy (non-hydrogen) atoms. The van der Waals surface area contributed by atoms with E-state index in [1.54, 1.807) is 24.3 Å². The summed E-state index contributed by atoms with van der Waals surface area (Å²) in [5, 5.41) is 8.00. The quantitative estimate of drug-likeness (QED) is 0.514. The minimum atomic E-state index is -0.475. The number of carbonyl (C=O) groups is 4. The minimum Gasteiger partial charge on any atom is -0.329 e. The first-order chi connectivity index (χ1) is 13.4. The number of halogens is 1. The molecule has 2 unspecified atom stereocenters. The normalized spacial score (nSPS) is 21.2. The molecule has 1 aromatic carbocycles. The van der Waals surface area contributed by atoms with E-state index in [1.807, 2.05) is 0 Å². The maximum atomic E-state index is 12.3. The lowest BCUT2D eigenvalue weighted by atomic mass is 9.85. The monoisotopic (exact) mass is 423 g/mol. The molecule has 1 saturated heterocycles. The highest BCUT2D eigenvalue weighted by molar-refractivity contribution is 6.02. The van der Waals surface area contributed by atoms with Gasteiger partial charge in [0, 0.05) is 36.3 Å². The summed E-state index contributed by atoms with van der Waals surface area (Å²) in [4.78, 5) is 48.3. The summed E-state index contributed by atoms with van der Waals surface area (Å²) in [5.74, 6) is -0.730. The van der Waals surface area contributed by atoms with Crippen molar-refractivity contribution in [2.75, 3.05) is 23.7 Å². The SMILES string of the molecule is Cl.NC1CCCC(C(=O)Nc2ccc(NC(=O)CCN3C(=O)CNC3=O)cc2)C1. The number of nitrogens with two attached hydrogens (primary N) is 1. The molecular weight excluding hydrogens is 398 g/mol. The van der Waals surface area contributed by atoms with E-state index in [1.165, 1.54) is 0 Å². The minimum absolute atomic E-state index is 0. The Balaban J connectivity index is 0.00000300. The summed E-state index contributed by atoms with van der Waals surface area (Å²) >= 11 is 0. The zero-order chi connectivity index (χ0) is 20.1. The highest BCUT2D eigenvalue weighted by Crippen LogP contribution is 2.25. The molecule has 2 fully saturated rings. The Morgan fingerprint density at radius 2 is 1.76 bits per heavy atom. The number of nitrogens with zero attached hydrogens (tertiary/aromatic N) is 1. The highest BCUT2D eigenvalue weighted by Gasteiger charge is 2.28. The van der Waals surface area contributed by atoms with Gasteiger partial charge in [-0.3, -0.25) is 19.3 Å². The molecule has 5 amide bonds. The first kappa shape index (κ1) is 22.6. The second kappa shape index (κ2) is 10.2. The van der Waals surface area contributed by atoms with E-state index in [-0.39, 0.29) is 61.6 Å². The van der Waals surface area contributed by atoms with Crippen LogP contribution in [0.15, 0.2) is 24.3 Å². The number of hydrogen-bond donors (Lipinski definition) is 4.